The lowest BCUT2D eigenvalue weighted by molar-refractivity contribution is -0.121. The Morgan fingerprint density at radius 1 is 1.06 bits per heavy atom. The first-order valence-corrected chi connectivity index (χ1v) is 9.83. The number of nitrogens with zero attached hydrogens (tertiary/aromatic N) is 1. The van der Waals surface area contributed by atoms with E-state index in [1.807, 2.05) is 44.2 Å². The Kier molecular flexibility index (Phi) is 6.92. The number of rotatable bonds is 7. The maximum absolute atomic E-state index is 12.4. The Morgan fingerprint density at radius 2 is 1.81 bits per heavy atom. The number of hydrazine groups is 1. The van der Waals surface area contributed by atoms with Crippen LogP contribution in [0.4, 0.5) is 0 Å². The smallest absolute Gasteiger partial charge is 0.269 e. The molecule has 2 aromatic carbocycles. The van der Waals surface area contributed by atoms with Gasteiger partial charge in [0, 0.05) is 11.1 Å². The largest absolute Gasteiger partial charge is 0.493 e. The van der Waals surface area contributed by atoms with Gasteiger partial charge in [-0.2, -0.15) is 0 Å². The number of carbonyl (C=O) groups excluding carboxylic acids is 2. The van der Waals surface area contributed by atoms with E-state index in [0.717, 1.165) is 5.56 Å². The normalized spacial score (nSPS) is 10.6. The minimum absolute atomic E-state index is 0.0322. The van der Waals surface area contributed by atoms with Crippen LogP contribution in [0.3, 0.4) is 0 Å². The number of nitrogens with one attached hydrogen (secondary N) is 2. The van der Waals surface area contributed by atoms with Crippen LogP contribution in [0.25, 0.3) is 11.5 Å². The van der Waals surface area contributed by atoms with E-state index in [2.05, 4.69) is 15.8 Å². The van der Waals surface area contributed by atoms with Gasteiger partial charge in [0.1, 0.15) is 5.76 Å². The molecule has 0 spiro atoms. The summed E-state index contributed by atoms with van der Waals surface area (Å²) in [4.78, 5) is 29.1. The van der Waals surface area contributed by atoms with Gasteiger partial charge >= 0.3 is 0 Å². The van der Waals surface area contributed by atoms with Crippen molar-refractivity contribution in [1.29, 1.82) is 0 Å². The average Bonchev–Trinajstić information content (AvgIpc) is 3.12. The molecule has 0 saturated carbocycles. The molecule has 0 unspecified atom stereocenters. The summed E-state index contributed by atoms with van der Waals surface area (Å²) in [6.07, 6.45) is -0.0670. The molecule has 2 amide bonds. The van der Waals surface area contributed by atoms with Crippen LogP contribution in [-0.4, -0.2) is 30.0 Å². The van der Waals surface area contributed by atoms with Crippen molar-refractivity contribution in [3.63, 3.8) is 0 Å². The van der Waals surface area contributed by atoms with E-state index in [4.69, 9.17) is 13.9 Å². The molecule has 3 rings (SSSR count). The van der Waals surface area contributed by atoms with Gasteiger partial charge in [-0.3, -0.25) is 20.4 Å². The molecule has 0 aliphatic carbocycles. The number of amides is 2. The minimum atomic E-state index is -0.482. The third kappa shape index (κ3) is 5.63. The molecule has 3 aromatic rings. The van der Waals surface area contributed by atoms with Crippen molar-refractivity contribution in [3.8, 4) is 23.0 Å². The number of aryl methyl sites for hydroxylation is 1. The zero-order valence-corrected chi connectivity index (χ0v) is 17.9. The SMILES string of the molecule is COc1cc(C(=O)NNC(=O)Cc2nc(-c3ccccc3)oc2C)ccc1OC(C)C. The van der Waals surface area contributed by atoms with Crippen LogP contribution in [0.2, 0.25) is 0 Å². The minimum Gasteiger partial charge on any atom is -0.493 e. The van der Waals surface area contributed by atoms with Crippen molar-refractivity contribution in [2.45, 2.75) is 33.3 Å². The second kappa shape index (κ2) is 9.80. The number of carbonyl (C=O) groups is 2. The van der Waals surface area contributed by atoms with Gasteiger partial charge in [0.05, 0.1) is 25.3 Å². The molecule has 0 radical (unpaired) electrons. The molecule has 0 aliphatic rings. The Balaban J connectivity index is 1.60. The van der Waals surface area contributed by atoms with E-state index in [1.165, 1.54) is 7.11 Å². The number of hydrogen-bond donors (Lipinski definition) is 2. The first-order valence-electron chi connectivity index (χ1n) is 9.83. The highest BCUT2D eigenvalue weighted by molar-refractivity contribution is 5.96. The second-order valence-electron chi connectivity index (χ2n) is 7.10. The van der Waals surface area contributed by atoms with Crippen molar-refractivity contribution in [1.82, 2.24) is 15.8 Å². The maximum Gasteiger partial charge on any atom is 0.269 e. The van der Waals surface area contributed by atoms with Crippen molar-refractivity contribution < 1.29 is 23.5 Å². The number of benzene rings is 2. The monoisotopic (exact) mass is 423 g/mol. The lowest BCUT2D eigenvalue weighted by Crippen LogP contribution is -2.42. The van der Waals surface area contributed by atoms with E-state index < -0.39 is 11.8 Å². The second-order valence-corrected chi connectivity index (χ2v) is 7.10. The van der Waals surface area contributed by atoms with Crippen LogP contribution in [0.5, 0.6) is 11.5 Å². The molecule has 1 heterocycles. The first-order chi connectivity index (χ1) is 14.9. The fourth-order valence-corrected chi connectivity index (χ4v) is 2.85. The maximum atomic E-state index is 12.4. The van der Waals surface area contributed by atoms with Crippen LogP contribution < -0.4 is 20.3 Å². The van der Waals surface area contributed by atoms with Gasteiger partial charge in [-0.1, -0.05) is 18.2 Å². The topological polar surface area (TPSA) is 103 Å². The van der Waals surface area contributed by atoms with Gasteiger partial charge in [-0.05, 0) is 51.1 Å². The Hall–Kier alpha value is -3.81. The third-order valence-electron chi connectivity index (χ3n) is 4.35. The first kappa shape index (κ1) is 21.9. The summed E-state index contributed by atoms with van der Waals surface area (Å²) >= 11 is 0. The van der Waals surface area contributed by atoms with Gasteiger partial charge in [0.25, 0.3) is 5.91 Å². The van der Waals surface area contributed by atoms with Crippen molar-refractivity contribution in [3.05, 3.63) is 65.5 Å². The van der Waals surface area contributed by atoms with E-state index in [1.54, 1.807) is 25.1 Å². The zero-order chi connectivity index (χ0) is 22.4. The highest BCUT2D eigenvalue weighted by atomic mass is 16.5. The Bertz CT molecular complexity index is 1060. The molecule has 8 nitrogen and oxygen atoms in total. The fraction of sp³-hybridized carbons (Fsp3) is 0.261. The molecule has 31 heavy (non-hydrogen) atoms. The van der Waals surface area contributed by atoms with E-state index in [0.29, 0.717) is 34.4 Å². The molecular weight excluding hydrogens is 398 g/mol. The Labute approximate surface area is 180 Å². The number of ether oxygens (including phenoxy) is 2. The van der Waals surface area contributed by atoms with Crippen LogP contribution >= 0.6 is 0 Å². The summed E-state index contributed by atoms with van der Waals surface area (Å²) in [5.74, 6) is 1.06. The number of methoxy groups -OCH3 is 1. The van der Waals surface area contributed by atoms with Crippen LogP contribution in [0.1, 0.15) is 35.7 Å². The summed E-state index contributed by atoms with van der Waals surface area (Å²) in [7, 11) is 1.50. The number of aromatic nitrogens is 1. The standard InChI is InChI=1S/C23H25N3O5/c1-14(2)30-19-11-10-17(12-20(19)29-4)22(28)26-25-21(27)13-18-15(3)31-23(24-18)16-8-6-5-7-9-16/h5-12,14H,13H2,1-4H3,(H,25,27)(H,26,28). The van der Waals surface area contributed by atoms with Crippen LogP contribution in [0, 0.1) is 6.92 Å². The van der Waals surface area contributed by atoms with Crippen LogP contribution in [0.15, 0.2) is 52.9 Å². The average molecular weight is 423 g/mol. The van der Waals surface area contributed by atoms with Crippen molar-refractivity contribution >= 4 is 11.8 Å². The molecule has 0 bridgehead atoms. The van der Waals surface area contributed by atoms with Crippen molar-refractivity contribution in [2.24, 2.45) is 0 Å². The quantitative estimate of drug-likeness (QED) is 0.564. The molecule has 0 saturated heterocycles. The van der Waals surface area contributed by atoms with Gasteiger partial charge < -0.3 is 13.9 Å². The Morgan fingerprint density at radius 3 is 2.48 bits per heavy atom. The van der Waals surface area contributed by atoms with E-state index >= 15 is 0 Å². The number of oxazole rings is 1. The summed E-state index contributed by atoms with van der Waals surface area (Å²) in [5.41, 5.74) is 6.44. The summed E-state index contributed by atoms with van der Waals surface area (Å²) in [6.45, 7) is 5.54. The van der Waals surface area contributed by atoms with Gasteiger partial charge in [-0.25, -0.2) is 4.98 Å². The molecule has 0 atom stereocenters. The summed E-state index contributed by atoms with van der Waals surface area (Å²) < 4.78 is 16.6. The molecule has 1 aromatic heterocycles. The predicted molar refractivity (Wildman–Crippen MR) is 115 cm³/mol. The zero-order valence-electron chi connectivity index (χ0n) is 17.9. The van der Waals surface area contributed by atoms with Crippen LogP contribution in [-0.2, 0) is 11.2 Å². The number of hydrogen-bond acceptors (Lipinski definition) is 6. The molecular formula is C23H25N3O5. The molecule has 0 aliphatic heterocycles. The summed E-state index contributed by atoms with van der Waals surface area (Å²) in [5, 5.41) is 0. The van der Waals surface area contributed by atoms with E-state index in [9.17, 15) is 9.59 Å². The van der Waals surface area contributed by atoms with Gasteiger partial charge in [0.2, 0.25) is 11.8 Å². The molecule has 2 N–H and O–H groups in total. The van der Waals surface area contributed by atoms with Gasteiger partial charge in [0.15, 0.2) is 11.5 Å². The lowest BCUT2D eigenvalue weighted by atomic mass is 10.2. The molecule has 162 valence electrons. The lowest BCUT2D eigenvalue weighted by Gasteiger charge is -2.14. The molecule has 0 fully saturated rings. The van der Waals surface area contributed by atoms with Crippen molar-refractivity contribution in [2.75, 3.05) is 7.11 Å². The van der Waals surface area contributed by atoms with Gasteiger partial charge in [-0.15, -0.1) is 0 Å². The fourth-order valence-electron chi connectivity index (χ4n) is 2.85. The third-order valence-corrected chi connectivity index (χ3v) is 4.35. The van der Waals surface area contributed by atoms with E-state index in [-0.39, 0.29) is 12.5 Å². The molecule has 8 heteroatoms. The summed E-state index contributed by atoms with van der Waals surface area (Å²) in [6, 6.07) is 14.2. The predicted octanol–water partition coefficient (Wildman–Crippen LogP) is 3.45. The highest BCUT2D eigenvalue weighted by Gasteiger charge is 2.16. The highest BCUT2D eigenvalue weighted by Crippen LogP contribution is 2.29.